The SMILES string of the molecule is CCOC(=O)C1CC1(C)C.CCOC(=O)C1CC1(C)C. The summed E-state index contributed by atoms with van der Waals surface area (Å²) in [4.78, 5) is 22.0. The lowest BCUT2D eigenvalue weighted by molar-refractivity contribution is -0.146. The molecule has 4 nitrogen and oxygen atoms in total. The highest BCUT2D eigenvalue weighted by Gasteiger charge is 2.52. The summed E-state index contributed by atoms with van der Waals surface area (Å²) in [6, 6.07) is 0. The fourth-order valence-electron chi connectivity index (χ4n) is 2.22. The van der Waals surface area contributed by atoms with Gasteiger partial charge < -0.3 is 9.47 Å². The van der Waals surface area contributed by atoms with Gasteiger partial charge in [-0.2, -0.15) is 0 Å². The molecule has 0 saturated heterocycles. The molecule has 2 rings (SSSR count). The van der Waals surface area contributed by atoms with Crippen LogP contribution < -0.4 is 0 Å². The molecule has 2 atom stereocenters. The average molecular weight is 284 g/mol. The topological polar surface area (TPSA) is 52.6 Å². The van der Waals surface area contributed by atoms with Gasteiger partial charge in [0.25, 0.3) is 0 Å². The molecule has 20 heavy (non-hydrogen) atoms. The molecular weight excluding hydrogens is 256 g/mol. The third kappa shape index (κ3) is 4.50. The van der Waals surface area contributed by atoms with Gasteiger partial charge in [0.05, 0.1) is 25.0 Å². The largest absolute Gasteiger partial charge is 0.466 e. The Morgan fingerprint density at radius 1 is 0.850 bits per heavy atom. The van der Waals surface area contributed by atoms with Crippen molar-refractivity contribution in [1.29, 1.82) is 0 Å². The third-order valence-electron chi connectivity index (χ3n) is 4.17. The maximum atomic E-state index is 11.0. The standard InChI is InChI=1S/2C8H14O2/c2*1-4-10-7(9)6-5-8(6,2)3/h2*6H,4-5H2,1-3H3. The van der Waals surface area contributed by atoms with Gasteiger partial charge in [-0.1, -0.05) is 27.7 Å². The van der Waals surface area contributed by atoms with Crippen LogP contribution in [0.5, 0.6) is 0 Å². The van der Waals surface area contributed by atoms with Crippen LogP contribution in [0.4, 0.5) is 0 Å². The molecule has 0 aromatic heterocycles. The molecular formula is C16H28O4. The van der Waals surface area contributed by atoms with Crippen molar-refractivity contribution in [2.75, 3.05) is 13.2 Å². The monoisotopic (exact) mass is 284 g/mol. The summed E-state index contributed by atoms with van der Waals surface area (Å²) in [5, 5.41) is 0. The van der Waals surface area contributed by atoms with Crippen LogP contribution in [-0.2, 0) is 19.1 Å². The molecule has 0 amide bonds. The van der Waals surface area contributed by atoms with Crippen LogP contribution in [0.15, 0.2) is 0 Å². The van der Waals surface area contributed by atoms with Gasteiger partial charge in [0.1, 0.15) is 0 Å². The van der Waals surface area contributed by atoms with Crippen molar-refractivity contribution in [3.63, 3.8) is 0 Å². The fraction of sp³-hybridized carbons (Fsp3) is 0.875. The van der Waals surface area contributed by atoms with E-state index in [9.17, 15) is 9.59 Å². The number of esters is 2. The number of carbonyl (C=O) groups is 2. The Bertz CT molecular complexity index is 335. The molecule has 2 saturated carbocycles. The van der Waals surface area contributed by atoms with Crippen LogP contribution in [0.1, 0.15) is 54.4 Å². The lowest BCUT2D eigenvalue weighted by atomic mass is 10.1. The van der Waals surface area contributed by atoms with E-state index in [1.165, 1.54) is 0 Å². The van der Waals surface area contributed by atoms with E-state index in [-0.39, 0.29) is 34.6 Å². The highest BCUT2D eigenvalue weighted by atomic mass is 16.5. The Hall–Kier alpha value is -1.06. The molecule has 4 heteroatoms. The van der Waals surface area contributed by atoms with Gasteiger partial charge in [0, 0.05) is 0 Å². The van der Waals surface area contributed by atoms with Crippen molar-refractivity contribution in [1.82, 2.24) is 0 Å². The molecule has 2 fully saturated rings. The van der Waals surface area contributed by atoms with Crippen LogP contribution in [-0.4, -0.2) is 25.2 Å². The van der Waals surface area contributed by atoms with Gasteiger partial charge in [-0.3, -0.25) is 9.59 Å². The molecule has 0 aromatic rings. The number of rotatable bonds is 4. The second kappa shape index (κ2) is 6.15. The van der Waals surface area contributed by atoms with Gasteiger partial charge in [0.2, 0.25) is 0 Å². The maximum Gasteiger partial charge on any atom is 0.309 e. The molecule has 116 valence electrons. The zero-order valence-corrected chi connectivity index (χ0v) is 13.6. The van der Waals surface area contributed by atoms with E-state index in [1.54, 1.807) is 0 Å². The fourth-order valence-corrected chi connectivity index (χ4v) is 2.22. The summed E-state index contributed by atoms with van der Waals surface area (Å²) in [6.45, 7) is 13.1. The Balaban J connectivity index is 0.000000200. The van der Waals surface area contributed by atoms with Crippen LogP contribution in [0, 0.1) is 22.7 Å². The molecule has 0 N–H and O–H groups in total. The van der Waals surface area contributed by atoms with Gasteiger partial charge in [-0.05, 0) is 37.5 Å². The van der Waals surface area contributed by atoms with Crippen molar-refractivity contribution in [3.8, 4) is 0 Å². The maximum absolute atomic E-state index is 11.0. The average Bonchev–Trinajstić information content (AvgIpc) is 3.16. The van der Waals surface area contributed by atoms with Gasteiger partial charge in [-0.15, -0.1) is 0 Å². The number of hydrogen-bond acceptors (Lipinski definition) is 4. The minimum atomic E-state index is -0.0208. The van der Waals surface area contributed by atoms with Gasteiger partial charge in [-0.25, -0.2) is 0 Å². The van der Waals surface area contributed by atoms with Crippen LogP contribution in [0.2, 0.25) is 0 Å². The molecule has 0 spiro atoms. The Morgan fingerprint density at radius 2 is 1.10 bits per heavy atom. The van der Waals surface area contributed by atoms with E-state index in [0.717, 1.165) is 12.8 Å². The van der Waals surface area contributed by atoms with E-state index in [2.05, 4.69) is 27.7 Å². The summed E-state index contributed by atoms with van der Waals surface area (Å²) < 4.78 is 9.72. The molecule has 2 aliphatic rings. The second-order valence-corrected chi connectivity index (χ2v) is 6.99. The van der Waals surface area contributed by atoms with Crippen LogP contribution in [0.3, 0.4) is 0 Å². The minimum Gasteiger partial charge on any atom is -0.466 e. The first-order valence-electron chi connectivity index (χ1n) is 7.49. The molecule has 0 aromatic carbocycles. The smallest absolute Gasteiger partial charge is 0.309 e. The summed E-state index contributed by atoms with van der Waals surface area (Å²) >= 11 is 0. The Labute approximate surface area is 122 Å². The van der Waals surface area contributed by atoms with Crippen molar-refractivity contribution < 1.29 is 19.1 Å². The molecule has 0 aliphatic heterocycles. The summed E-state index contributed by atoms with van der Waals surface area (Å²) in [6.07, 6.45) is 1.98. The number of carbonyl (C=O) groups excluding carboxylic acids is 2. The summed E-state index contributed by atoms with van der Waals surface area (Å²) in [5.74, 6) is 0.305. The molecule has 0 radical (unpaired) electrons. The predicted octanol–water partition coefficient (Wildman–Crippen LogP) is 3.19. The van der Waals surface area contributed by atoms with E-state index < -0.39 is 0 Å². The zero-order chi connectivity index (χ0) is 15.6. The first-order chi connectivity index (χ1) is 9.15. The highest BCUT2D eigenvalue weighted by molar-refractivity contribution is 5.77. The first kappa shape index (κ1) is 17.0. The van der Waals surface area contributed by atoms with Gasteiger partial charge in [0.15, 0.2) is 0 Å². The van der Waals surface area contributed by atoms with Crippen molar-refractivity contribution >= 4 is 11.9 Å². The van der Waals surface area contributed by atoms with Crippen LogP contribution in [0.25, 0.3) is 0 Å². The molecule has 2 aliphatic carbocycles. The Kier molecular flexibility index (Phi) is 5.22. The van der Waals surface area contributed by atoms with E-state index in [1.807, 2.05) is 13.8 Å². The predicted molar refractivity (Wildman–Crippen MR) is 77.0 cm³/mol. The number of ether oxygens (including phenoxy) is 2. The Morgan fingerprint density at radius 3 is 1.25 bits per heavy atom. The van der Waals surface area contributed by atoms with Crippen molar-refractivity contribution in [2.45, 2.75) is 54.4 Å². The minimum absolute atomic E-state index is 0.0208. The molecule has 0 heterocycles. The quantitative estimate of drug-likeness (QED) is 0.744. The number of hydrogen-bond donors (Lipinski definition) is 0. The second-order valence-electron chi connectivity index (χ2n) is 6.99. The lowest BCUT2D eigenvalue weighted by Gasteiger charge is -2.01. The van der Waals surface area contributed by atoms with Crippen molar-refractivity contribution in [2.24, 2.45) is 22.7 Å². The summed E-state index contributed by atoms with van der Waals surface area (Å²) in [7, 11) is 0. The van der Waals surface area contributed by atoms with E-state index >= 15 is 0 Å². The zero-order valence-electron chi connectivity index (χ0n) is 13.6. The third-order valence-corrected chi connectivity index (χ3v) is 4.17. The first-order valence-corrected chi connectivity index (χ1v) is 7.49. The highest BCUT2D eigenvalue weighted by Crippen LogP contribution is 2.52. The van der Waals surface area contributed by atoms with E-state index in [0.29, 0.717) is 13.2 Å². The normalized spacial score (nSPS) is 27.7. The van der Waals surface area contributed by atoms with E-state index in [4.69, 9.17) is 9.47 Å². The van der Waals surface area contributed by atoms with Crippen molar-refractivity contribution in [3.05, 3.63) is 0 Å². The van der Waals surface area contributed by atoms with Gasteiger partial charge >= 0.3 is 11.9 Å². The lowest BCUT2D eigenvalue weighted by Crippen LogP contribution is -2.09. The van der Waals surface area contributed by atoms with Crippen LogP contribution >= 0.6 is 0 Å². The summed E-state index contributed by atoms with van der Waals surface area (Å²) in [5.41, 5.74) is 0.429. The molecule has 2 unspecified atom stereocenters. The molecule has 0 bridgehead atoms.